The molecule has 1 aromatic heterocycles. The zero-order chi connectivity index (χ0) is 12.5. The highest BCUT2D eigenvalue weighted by Gasteiger charge is 2.04. The van der Waals surface area contributed by atoms with E-state index in [1.54, 1.807) is 0 Å². The number of nitrogens with zero attached hydrogens (tertiary/aromatic N) is 1. The second kappa shape index (κ2) is 4.35. The monoisotopic (exact) mass is 257 g/mol. The molecule has 0 aliphatic rings. The molecule has 0 atom stereocenters. The number of fused-ring (bicyclic) bond motifs is 1. The lowest BCUT2D eigenvalue weighted by molar-refractivity contribution is 1.04. The number of nitrogens with two attached hydrogens (primary N) is 1. The average molecular weight is 258 g/mol. The van der Waals surface area contributed by atoms with Gasteiger partial charge in [-0.05, 0) is 35.9 Å². The number of halogens is 1. The van der Waals surface area contributed by atoms with Crippen LogP contribution < -0.4 is 5.73 Å². The van der Waals surface area contributed by atoms with Crippen LogP contribution in [0.2, 0.25) is 5.02 Å². The smallest absolute Gasteiger partial charge is 0.111 e. The summed E-state index contributed by atoms with van der Waals surface area (Å²) in [6, 6.07) is 13.5. The molecule has 0 saturated carbocycles. The van der Waals surface area contributed by atoms with Crippen LogP contribution in [0.5, 0.6) is 0 Å². The Morgan fingerprint density at radius 2 is 2.06 bits per heavy atom. The van der Waals surface area contributed by atoms with Crippen LogP contribution >= 0.6 is 11.6 Å². The Bertz CT molecular complexity index is 703. The van der Waals surface area contributed by atoms with Crippen LogP contribution in [-0.2, 0) is 6.42 Å². The molecule has 0 saturated heterocycles. The fourth-order valence-corrected chi connectivity index (χ4v) is 2.22. The van der Waals surface area contributed by atoms with Crippen molar-refractivity contribution in [2.24, 2.45) is 0 Å². The van der Waals surface area contributed by atoms with Crippen LogP contribution in [0.3, 0.4) is 0 Å². The molecule has 3 nitrogen and oxygen atoms in total. The normalized spacial score (nSPS) is 10.9. The van der Waals surface area contributed by atoms with E-state index in [2.05, 4.69) is 9.97 Å². The molecule has 0 aliphatic heterocycles. The molecule has 18 heavy (non-hydrogen) atoms. The summed E-state index contributed by atoms with van der Waals surface area (Å²) < 4.78 is 0. The van der Waals surface area contributed by atoms with Crippen molar-refractivity contribution >= 4 is 28.3 Å². The molecule has 0 bridgehead atoms. The quantitative estimate of drug-likeness (QED) is 0.692. The predicted octanol–water partition coefficient (Wildman–Crippen LogP) is 3.39. The van der Waals surface area contributed by atoms with Gasteiger partial charge in [-0.25, -0.2) is 4.98 Å². The average Bonchev–Trinajstić information content (AvgIpc) is 2.70. The second-order valence-electron chi connectivity index (χ2n) is 4.27. The lowest BCUT2D eigenvalue weighted by atomic mass is 10.1. The summed E-state index contributed by atoms with van der Waals surface area (Å²) in [5.41, 5.74) is 9.51. The van der Waals surface area contributed by atoms with Gasteiger partial charge >= 0.3 is 0 Å². The maximum Gasteiger partial charge on any atom is 0.111 e. The van der Waals surface area contributed by atoms with Gasteiger partial charge in [0.05, 0.1) is 11.0 Å². The van der Waals surface area contributed by atoms with Gasteiger partial charge < -0.3 is 10.7 Å². The third-order valence-electron chi connectivity index (χ3n) is 2.82. The van der Waals surface area contributed by atoms with E-state index in [4.69, 9.17) is 17.3 Å². The summed E-state index contributed by atoms with van der Waals surface area (Å²) in [5, 5.41) is 0.743. The van der Waals surface area contributed by atoms with Gasteiger partial charge in [-0.3, -0.25) is 0 Å². The van der Waals surface area contributed by atoms with Crippen molar-refractivity contribution in [3.8, 4) is 0 Å². The molecule has 0 aliphatic carbocycles. The van der Waals surface area contributed by atoms with Crippen molar-refractivity contribution in [1.82, 2.24) is 9.97 Å². The highest BCUT2D eigenvalue weighted by Crippen LogP contribution is 2.18. The molecule has 0 fully saturated rings. The summed E-state index contributed by atoms with van der Waals surface area (Å²) in [6.07, 6.45) is 0.731. The van der Waals surface area contributed by atoms with Gasteiger partial charge in [-0.15, -0.1) is 0 Å². The number of nitrogen functional groups attached to an aromatic ring is 1. The molecule has 0 unspecified atom stereocenters. The standard InChI is InChI=1S/C14H12ClN3/c15-10-3-1-2-9(6-10)7-14-17-12-5-4-11(16)8-13(12)18-14/h1-6,8H,7,16H2,(H,17,18). The maximum atomic E-state index is 5.96. The maximum absolute atomic E-state index is 5.96. The second-order valence-corrected chi connectivity index (χ2v) is 4.70. The number of aromatic nitrogens is 2. The van der Waals surface area contributed by atoms with Gasteiger partial charge in [-0.1, -0.05) is 23.7 Å². The molecule has 3 rings (SSSR count). The Balaban J connectivity index is 1.95. The Kier molecular flexibility index (Phi) is 2.68. The first kappa shape index (κ1) is 11.1. The number of benzene rings is 2. The fourth-order valence-electron chi connectivity index (χ4n) is 2.00. The Morgan fingerprint density at radius 3 is 2.89 bits per heavy atom. The van der Waals surface area contributed by atoms with E-state index in [-0.39, 0.29) is 0 Å². The van der Waals surface area contributed by atoms with E-state index in [9.17, 15) is 0 Å². The number of nitrogens with one attached hydrogen (secondary N) is 1. The third kappa shape index (κ3) is 2.17. The summed E-state index contributed by atoms with van der Waals surface area (Å²) in [6.45, 7) is 0. The molecule has 2 aromatic carbocycles. The summed E-state index contributed by atoms with van der Waals surface area (Å²) >= 11 is 5.96. The number of aromatic amines is 1. The zero-order valence-electron chi connectivity index (χ0n) is 9.65. The SMILES string of the molecule is Nc1ccc2nc(Cc3cccc(Cl)c3)[nH]c2c1. The van der Waals surface area contributed by atoms with Crippen LogP contribution in [0.4, 0.5) is 5.69 Å². The van der Waals surface area contributed by atoms with Crippen LogP contribution in [0.1, 0.15) is 11.4 Å². The van der Waals surface area contributed by atoms with Gasteiger partial charge in [0, 0.05) is 17.1 Å². The molecule has 3 N–H and O–H groups in total. The van der Waals surface area contributed by atoms with E-state index in [1.165, 1.54) is 0 Å². The molecule has 0 radical (unpaired) electrons. The van der Waals surface area contributed by atoms with Crippen molar-refractivity contribution in [2.45, 2.75) is 6.42 Å². The topological polar surface area (TPSA) is 54.7 Å². The van der Waals surface area contributed by atoms with E-state index in [0.717, 1.165) is 39.6 Å². The molecule has 90 valence electrons. The predicted molar refractivity (Wildman–Crippen MR) is 74.8 cm³/mol. The number of imidazole rings is 1. The van der Waals surface area contributed by atoms with Crippen molar-refractivity contribution in [2.75, 3.05) is 5.73 Å². The first-order chi connectivity index (χ1) is 8.70. The number of hydrogen-bond acceptors (Lipinski definition) is 2. The van der Waals surface area contributed by atoms with Gasteiger partial charge in [0.1, 0.15) is 5.82 Å². The largest absolute Gasteiger partial charge is 0.399 e. The lowest BCUT2D eigenvalue weighted by Crippen LogP contribution is -1.90. The van der Waals surface area contributed by atoms with Crippen molar-refractivity contribution in [1.29, 1.82) is 0 Å². The lowest BCUT2D eigenvalue weighted by Gasteiger charge is -1.98. The molecular formula is C14H12ClN3. The van der Waals surface area contributed by atoms with Crippen LogP contribution in [0.25, 0.3) is 11.0 Å². The summed E-state index contributed by atoms with van der Waals surface area (Å²) in [4.78, 5) is 7.79. The molecule has 4 heteroatoms. The highest BCUT2D eigenvalue weighted by molar-refractivity contribution is 6.30. The van der Waals surface area contributed by atoms with E-state index >= 15 is 0 Å². The number of anilines is 1. The minimum absolute atomic E-state index is 0.731. The zero-order valence-corrected chi connectivity index (χ0v) is 10.4. The fraction of sp³-hybridized carbons (Fsp3) is 0.0714. The van der Waals surface area contributed by atoms with Crippen molar-refractivity contribution in [3.05, 3.63) is 58.9 Å². The molecule has 0 spiro atoms. The van der Waals surface area contributed by atoms with Gasteiger partial charge in [0.25, 0.3) is 0 Å². The number of hydrogen-bond donors (Lipinski definition) is 2. The van der Waals surface area contributed by atoms with Crippen molar-refractivity contribution < 1.29 is 0 Å². The van der Waals surface area contributed by atoms with Crippen molar-refractivity contribution in [3.63, 3.8) is 0 Å². The Morgan fingerprint density at radius 1 is 1.17 bits per heavy atom. The molecule has 0 amide bonds. The number of rotatable bonds is 2. The van der Waals surface area contributed by atoms with Crippen LogP contribution in [-0.4, -0.2) is 9.97 Å². The molecule has 1 heterocycles. The van der Waals surface area contributed by atoms with Crippen LogP contribution in [0, 0.1) is 0 Å². The van der Waals surface area contributed by atoms with Gasteiger partial charge in [0.15, 0.2) is 0 Å². The Hall–Kier alpha value is -2.00. The summed E-state index contributed by atoms with van der Waals surface area (Å²) in [5.74, 6) is 0.915. The van der Waals surface area contributed by atoms with Crippen LogP contribution in [0.15, 0.2) is 42.5 Å². The minimum atomic E-state index is 0.731. The minimum Gasteiger partial charge on any atom is -0.399 e. The third-order valence-corrected chi connectivity index (χ3v) is 3.05. The van der Waals surface area contributed by atoms with Gasteiger partial charge in [0.2, 0.25) is 0 Å². The molecular weight excluding hydrogens is 246 g/mol. The van der Waals surface area contributed by atoms with E-state index < -0.39 is 0 Å². The first-order valence-electron chi connectivity index (χ1n) is 5.69. The van der Waals surface area contributed by atoms with Gasteiger partial charge in [-0.2, -0.15) is 0 Å². The summed E-state index contributed by atoms with van der Waals surface area (Å²) in [7, 11) is 0. The number of H-pyrrole nitrogens is 1. The highest BCUT2D eigenvalue weighted by atomic mass is 35.5. The Labute approximate surface area is 110 Å². The van der Waals surface area contributed by atoms with E-state index in [1.807, 2.05) is 42.5 Å². The first-order valence-corrected chi connectivity index (χ1v) is 6.07. The molecule has 3 aromatic rings. The van der Waals surface area contributed by atoms with E-state index in [0.29, 0.717) is 0 Å².